The molecule has 0 heterocycles. The fourth-order valence-corrected chi connectivity index (χ4v) is 2.21. The Kier molecular flexibility index (Phi) is 6.83. The summed E-state index contributed by atoms with van der Waals surface area (Å²) in [5.41, 5.74) is 1.62. The Labute approximate surface area is 146 Å². The van der Waals surface area contributed by atoms with Gasteiger partial charge in [-0.15, -0.1) is 0 Å². The second kappa shape index (κ2) is 9.32. The van der Waals surface area contributed by atoms with E-state index in [2.05, 4.69) is 5.32 Å². The van der Waals surface area contributed by atoms with Gasteiger partial charge < -0.3 is 19.9 Å². The second-order valence-electron chi connectivity index (χ2n) is 5.34. The van der Waals surface area contributed by atoms with Crippen molar-refractivity contribution in [3.63, 3.8) is 0 Å². The molecule has 25 heavy (non-hydrogen) atoms. The average molecular weight is 343 g/mol. The number of hydrogen-bond donors (Lipinski definition) is 2. The molecule has 6 heteroatoms. The number of amides is 1. The molecule has 0 unspecified atom stereocenters. The van der Waals surface area contributed by atoms with E-state index in [1.165, 1.54) is 0 Å². The first kappa shape index (κ1) is 18.3. The fraction of sp³-hybridized carbons (Fsp3) is 0.263. The van der Waals surface area contributed by atoms with E-state index in [4.69, 9.17) is 14.6 Å². The van der Waals surface area contributed by atoms with Crippen LogP contribution in [-0.4, -0.2) is 30.2 Å². The van der Waals surface area contributed by atoms with Gasteiger partial charge in [0.15, 0.2) is 6.61 Å². The van der Waals surface area contributed by atoms with Crippen molar-refractivity contribution in [3.8, 4) is 11.5 Å². The highest BCUT2D eigenvalue weighted by molar-refractivity contribution is 5.91. The molecule has 0 saturated carbocycles. The highest BCUT2D eigenvalue weighted by Gasteiger charge is 2.06. The second-order valence-corrected chi connectivity index (χ2v) is 5.34. The molecule has 132 valence electrons. The van der Waals surface area contributed by atoms with Crippen LogP contribution < -0.4 is 14.8 Å². The maximum absolute atomic E-state index is 12.1. The number of nitrogens with one attached hydrogen (secondary N) is 1. The van der Waals surface area contributed by atoms with Crippen molar-refractivity contribution in [1.82, 2.24) is 0 Å². The minimum atomic E-state index is -1.05. The molecule has 0 atom stereocenters. The number of benzene rings is 2. The summed E-state index contributed by atoms with van der Waals surface area (Å²) in [5, 5.41) is 11.4. The Bertz CT molecular complexity index is 712. The van der Waals surface area contributed by atoms with E-state index < -0.39 is 12.6 Å². The van der Waals surface area contributed by atoms with E-state index in [0.29, 0.717) is 30.9 Å². The smallest absolute Gasteiger partial charge is 0.341 e. The lowest BCUT2D eigenvalue weighted by molar-refractivity contribution is -0.139. The number of carboxylic acid groups (broad SMARTS) is 1. The van der Waals surface area contributed by atoms with Crippen LogP contribution in [0.2, 0.25) is 0 Å². The summed E-state index contributed by atoms with van der Waals surface area (Å²) in [5.74, 6) is 0.0367. The lowest BCUT2D eigenvalue weighted by Crippen LogP contribution is -2.13. The van der Waals surface area contributed by atoms with Crippen molar-refractivity contribution in [3.05, 3.63) is 54.1 Å². The molecular weight excluding hydrogens is 322 g/mol. The molecule has 0 fully saturated rings. The van der Waals surface area contributed by atoms with Gasteiger partial charge in [-0.3, -0.25) is 4.79 Å². The van der Waals surface area contributed by atoms with Gasteiger partial charge >= 0.3 is 5.97 Å². The van der Waals surface area contributed by atoms with Crippen LogP contribution in [-0.2, 0) is 16.0 Å². The molecule has 0 aliphatic heterocycles. The number of carbonyl (C=O) groups excluding carboxylic acids is 1. The first-order valence-corrected chi connectivity index (χ1v) is 8.03. The van der Waals surface area contributed by atoms with E-state index in [0.717, 1.165) is 11.3 Å². The van der Waals surface area contributed by atoms with E-state index in [1.807, 2.05) is 31.2 Å². The summed E-state index contributed by atoms with van der Waals surface area (Å²) >= 11 is 0. The standard InChI is InChI=1S/C19H21NO5/c1-2-24-16-9-6-14(7-10-16)8-11-18(21)20-15-4-3-5-17(12-15)25-13-19(22)23/h3-7,9-10,12H,2,8,11,13H2,1H3,(H,20,21)(H,22,23). The third-order valence-electron chi connectivity index (χ3n) is 3.36. The number of anilines is 1. The maximum Gasteiger partial charge on any atom is 0.341 e. The van der Waals surface area contributed by atoms with Crippen LogP contribution in [0, 0.1) is 0 Å². The molecule has 0 radical (unpaired) electrons. The molecule has 0 saturated heterocycles. The molecule has 2 N–H and O–H groups in total. The van der Waals surface area contributed by atoms with E-state index in [1.54, 1.807) is 24.3 Å². The van der Waals surface area contributed by atoms with Gasteiger partial charge in [0.25, 0.3) is 0 Å². The largest absolute Gasteiger partial charge is 0.494 e. The first-order chi connectivity index (χ1) is 12.1. The first-order valence-electron chi connectivity index (χ1n) is 8.03. The maximum atomic E-state index is 12.1. The van der Waals surface area contributed by atoms with Gasteiger partial charge in [0.1, 0.15) is 11.5 Å². The minimum Gasteiger partial charge on any atom is -0.494 e. The lowest BCUT2D eigenvalue weighted by atomic mass is 10.1. The molecule has 0 bridgehead atoms. The number of aliphatic carboxylic acids is 1. The number of rotatable bonds is 9. The number of hydrogen-bond acceptors (Lipinski definition) is 4. The Morgan fingerprint density at radius 2 is 1.80 bits per heavy atom. The minimum absolute atomic E-state index is 0.121. The summed E-state index contributed by atoms with van der Waals surface area (Å²) in [6.45, 7) is 2.13. The monoisotopic (exact) mass is 343 g/mol. The highest BCUT2D eigenvalue weighted by atomic mass is 16.5. The number of ether oxygens (including phenoxy) is 2. The SMILES string of the molecule is CCOc1ccc(CCC(=O)Nc2cccc(OCC(=O)O)c2)cc1. The van der Waals surface area contributed by atoms with E-state index in [-0.39, 0.29) is 5.91 Å². The number of carboxylic acids is 1. The number of carbonyl (C=O) groups is 2. The lowest BCUT2D eigenvalue weighted by Gasteiger charge is -2.08. The zero-order chi connectivity index (χ0) is 18.1. The summed E-state index contributed by atoms with van der Waals surface area (Å²) in [4.78, 5) is 22.6. The van der Waals surface area contributed by atoms with Crippen LogP contribution in [0.1, 0.15) is 18.9 Å². The summed E-state index contributed by atoms with van der Waals surface area (Å²) in [7, 11) is 0. The Morgan fingerprint density at radius 1 is 1.04 bits per heavy atom. The van der Waals surface area contributed by atoms with Crippen molar-refractivity contribution in [2.75, 3.05) is 18.5 Å². The molecule has 2 aromatic carbocycles. The van der Waals surface area contributed by atoms with Crippen molar-refractivity contribution >= 4 is 17.6 Å². The molecule has 2 rings (SSSR count). The van der Waals surface area contributed by atoms with Crippen molar-refractivity contribution in [1.29, 1.82) is 0 Å². The quantitative estimate of drug-likeness (QED) is 0.731. The van der Waals surface area contributed by atoms with Crippen LogP contribution >= 0.6 is 0 Å². The van der Waals surface area contributed by atoms with Crippen LogP contribution in [0.15, 0.2) is 48.5 Å². The molecule has 0 spiro atoms. The van der Waals surface area contributed by atoms with Gasteiger partial charge in [-0.1, -0.05) is 18.2 Å². The third-order valence-corrected chi connectivity index (χ3v) is 3.36. The summed E-state index contributed by atoms with van der Waals surface area (Å²) in [6, 6.07) is 14.3. The van der Waals surface area contributed by atoms with E-state index in [9.17, 15) is 9.59 Å². The Balaban J connectivity index is 1.83. The zero-order valence-corrected chi connectivity index (χ0v) is 14.0. The van der Waals surface area contributed by atoms with Gasteiger partial charge in [0.05, 0.1) is 6.61 Å². The third kappa shape index (κ3) is 6.55. The highest BCUT2D eigenvalue weighted by Crippen LogP contribution is 2.18. The molecule has 1 amide bonds. The normalized spacial score (nSPS) is 10.1. The van der Waals surface area contributed by atoms with Gasteiger partial charge in [-0.2, -0.15) is 0 Å². The van der Waals surface area contributed by atoms with Crippen LogP contribution in [0.25, 0.3) is 0 Å². The molecular formula is C19H21NO5. The predicted molar refractivity (Wildman–Crippen MR) is 94.1 cm³/mol. The Morgan fingerprint density at radius 3 is 2.48 bits per heavy atom. The van der Waals surface area contributed by atoms with Crippen LogP contribution in [0.4, 0.5) is 5.69 Å². The topological polar surface area (TPSA) is 84.9 Å². The fourth-order valence-electron chi connectivity index (χ4n) is 2.21. The van der Waals surface area contributed by atoms with Gasteiger partial charge in [-0.05, 0) is 43.2 Å². The molecule has 0 aliphatic rings. The molecule has 0 aliphatic carbocycles. The summed E-state index contributed by atoms with van der Waals surface area (Å²) in [6.07, 6.45) is 0.960. The summed E-state index contributed by atoms with van der Waals surface area (Å²) < 4.78 is 10.5. The van der Waals surface area contributed by atoms with E-state index >= 15 is 0 Å². The van der Waals surface area contributed by atoms with Gasteiger partial charge in [0.2, 0.25) is 5.91 Å². The van der Waals surface area contributed by atoms with Crippen molar-refractivity contribution in [2.45, 2.75) is 19.8 Å². The van der Waals surface area contributed by atoms with Gasteiger partial charge in [-0.25, -0.2) is 4.79 Å². The molecule has 6 nitrogen and oxygen atoms in total. The van der Waals surface area contributed by atoms with Crippen LogP contribution in [0.3, 0.4) is 0 Å². The van der Waals surface area contributed by atoms with Crippen molar-refractivity contribution in [2.24, 2.45) is 0 Å². The Hall–Kier alpha value is -3.02. The zero-order valence-electron chi connectivity index (χ0n) is 14.0. The molecule has 2 aromatic rings. The number of aryl methyl sites for hydroxylation is 1. The van der Waals surface area contributed by atoms with Crippen molar-refractivity contribution < 1.29 is 24.2 Å². The molecule has 0 aromatic heterocycles. The predicted octanol–water partition coefficient (Wildman–Crippen LogP) is 3.12. The van der Waals surface area contributed by atoms with Crippen LogP contribution in [0.5, 0.6) is 11.5 Å². The average Bonchev–Trinajstić information content (AvgIpc) is 2.60. The van der Waals surface area contributed by atoms with Gasteiger partial charge in [0, 0.05) is 18.2 Å².